The van der Waals surface area contributed by atoms with Gasteiger partial charge in [0.2, 0.25) is 5.91 Å². The molecule has 0 unspecified atom stereocenters. The highest BCUT2D eigenvalue weighted by Crippen LogP contribution is 2.25. The summed E-state index contributed by atoms with van der Waals surface area (Å²) in [6.07, 6.45) is 0. The smallest absolute Gasteiger partial charge is 0.336 e. The van der Waals surface area contributed by atoms with Gasteiger partial charge in [0.1, 0.15) is 11.4 Å². The molecule has 0 spiro atoms. The fourth-order valence-electron chi connectivity index (χ4n) is 2.79. The van der Waals surface area contributed by atoms with Crippen LogP contribution < -0.4 is 16.3 Å². The number of carbonyl (C=O) groups is 1. The van der Waals surface area contributed by atoms with Crippen molar-refractivity contribution in [3.63, 3.8) is 0 Å². The molecule has 0 atom stereocenters. The number of halogens is 1. The molecule has 26 heavy (non-hydrogen) atoms. The van der Waals surface area contributed by atoms with E-state index in [1.165, 1.54) is 25.1 Å². The molecule has 5 nitrogen and oxygen atoms in total. The highest BCUT2D eigenvalue weighted by Gasteiger charge is 2.10. The minimum Gasteiger partial charge on any atom is -0.422 e. The average molecular weight is 354 g/mol. The zero-order chi connectivity index (χ0) is 18.8. The van der Waals surface area contributed by atoms with Crippen LogP contribution in [0.4, 0.5) is 15.8 Å². The Kier molecular flexibility index (Phi) is 4.75. The number of anilines is 2. The van der Waals surface area contributed by atoms with Gasteiger partial charge in [0.05, 0.1) is 5.69 Å². The molecule has 0 fully saturated rings. The van der Waals surface area contributed by atoms with Crippen LogP contribution in [0.25, 0.3) is 11.0 Å². The molecule has 3 aromatic rings. The maximum Gasteiger partial charge on any atom is 0.336 e. The Hall–Kier alpha value is -3.15. The van der Waals surface area contributed by atoms with Crippen LogP contribution in [0.3, 0.4) is 0 Å². The summed E-state index contributed by atoms with van der Waals surface area (Å²) in [6, 6.07) is 9.71. The minimum absolute atomic E-state index is 0.103. The number of amides is 1. The number of fused-ring (bicyclic) bond motifs is 1. The van der Waals surface area contributed by atoms with Gasteiger partial charge in [-0.15, -0.1) is 0 Å². The van der Waals surface area contributed by atoms with Gasteiger partial charge < -0.3 is 15.1 Å². The van der Waals surface area contributed by atoms with Crippen LogP contribution in [0.2, 0.25) is 0 Å². The first kappa shape index (κ1) is 17.7. The van der Waals surface area contributed by atoms with Crippen molar-refractivity contribution in [1.82, 2.24) is 0 Å². The van der Waals surface area contributed by atoms with Crippen LogP contribution in [0.1, 0.15) is 23.6 Å². The molecule has 2 aromatic carbocycles. The van der Waals surface area contributed by atoms with E-state index in [9.17, 15) is 14.0 Å². The van der Waals surface area contributed by atoms with Crippen molar-refractivity contribution in [2.24, 2.45) is 0 Å². The summed E-state index contributed by atoms with van der Waals surface area (Å²) in [7, 11) is 0. The second kappa shape index (κ2) is 7.00. The summed E-state index contributed by atoms with van der Waals surface area (Å²) in [5.74, 6) is -0.860. The van der Waals surface area contributed by atoms with E-state index in [0.717, 1.165) is 22.1 Å². The Morgan fingerprint density at radius 1 is 1.15 bits per heavy atom. The number of aryl methyl sites for hydroxylation is 2. The second-order valence-corrected chi connectivity index (χ2v) is 6.20. The van der Waals surface area contributed by atoms with Crippen LogP contribution >= 0.6 is 0 Å². The first-order chi connectivity index (χ1) is 12.3. The maximum atomic E-state index is 13.7. The third-order valence-corrected chi connectivity index (χ3v) is 4.28. The van der Waals surface area contributed by atoms with E-state index in [4.69, 9.17) is 4.42 Å². The Balaban J connectivity index is 1.92. The van der Waals surface area contributed by atoms with Crippen molar-refractivity contribution in [1.29, 1.82) is 0 Å². The third-order valence-electron chi connectivity index (χ3n) is 4.28. The summed E-state index contributed by atoms with van der Waals surface area (Å²) >= 11 is 0. The molecule has 3 rings (SSSR count). The molecule has 1 aromatic heterocycles. The molecule has 0 saturated heterocycles. The zero-order valence-electron chi connectivity index (χ0n) is 14.8. The molecular weight excluding hydrogens is 335 g/mol. The highest BCUT2D eigenvalue weighted by atomic mass is 19.1. The van der Waals surface area contributed by atoms with Crippen molar-refractivity contribution in [2.75, 3.05) is 10.6 Å². The summed E-state index contributed by atoms with van der Waals surface area (Å²) in [6.45, 7) is 5.55. The Bertz CT molecular complexity index is 1060. The highest BCUT2D eigenvalue weighted by molar-refractivity contribution is 5.89. The molecule has 0 bridgehead atoms. The van der Waals surface area contributed by atoms with E-state index in [1.807, 2.05) is 26.0 Å². The van der Waals surface area contributed by atoms with E-state index in [-0.39, 0.29) is 11.6 Å². The van der Waals surface area contributed by atoms with Crippen LogP contribution in [-0.2, 0) is 11.3 Å². The fraction of sp³-hybridized carbons (Fsp3) is 0.200. The van der Waals surface area contributed by atoms with Gasteiger partial charge in [-0.25, -0.2) is 9.18 Å². The Labute approximate surface area is 149 Å². The Morgan fingerprint density at radius 2 is 1.92 bits per heavy atom. The molecule has 2 N–H and O–H groups in total. The molecule has 134 valence electrons. The molecule has 6 heteroatoms. The normalized spacial score (nSPS) is 10.8. The van der Waals surface area contributed by atoms with Crippen molar-refractivity contribution >= 4 is 28.3 Å². The lowest BCUT2D eigenvalue weighted by Crippen LogP contribution is -2.09. The number of nitrogens with one attached hydrogen (secondary N) is 2. The quantitative estimate of drug-likeness (QED) is 0.692. The average Bonchev–Trinajstić information content (AvgIpc) is 2.58. The molecule has 0 aliphatic heterocycles. The molecule has 0 radical (unpaired) electrons. The Morgan fingerprint density at radius 3 is 2.65 bits per heavy atom. The van der Waals surface area contributed by atoms with Gasteiger partial charge >= 0.3 is 5.63 Å². The van der Waals surface area contributed by atoms with Crippen molar-refractivity contribution in [3.8, 4) is 0 Å². The lowest BCUT2D eigenvalue weighted by molar-refractivity contribution is -0.114. The summed E-state index contributed by atoms with van der Waals surface area (Å²) < 4.78 is 19.1. The molecule has 0 aliphatic carbocycles. The predicted molar refractivity (Wildman–Crippen MR) is 100.0 cm³/mol. The number of carbonyl (C=O) groups excluding carboxylic acids is 1. The second-order valence-electron chi connectivity index (χ2n) is 6.20. The van der Waals surface area contributed by atoms with Crippen molar-refractivity contribution in [3.05, 3.63) is 69.3 Å². The van der Waals surface area contributed by atoms with Gasteiger partial charge in [0.15, 0.2) is 0 Å². The van der Waals surface area contributed by atoms with E-state index in [2.05, 4.69) is 10.6 Å². The zero-order valence-corrected chi connectivity index (χ0v) is 14.8. The third kappa shape index (κ3) is 3.59. The first-order valence-corrected chi connectivity index (χ1v) is 8.19. The van der Waals surface area contributed by atoms with E-state index in [1.54, 1.807) is 6.07 Å². The lowest BCUT2D eigenvalue weighted by Gasteiger charge is -2.12. The van der Waals surface area contributed by atoms with Gasteiger partial charge in [-0.1, -0.05) is 12.1 Å². The predicted octanol–water partition coefficient (Wildman–Crippen LogP) is 4.12. The fourth-order valence-corrected chi connectivity index (χ4v) is 2.79. The van der Waals surface area contributed by atoms with Crippen LogP contribution in [0.5, 0.6) is 0 Å². The van der Waals surface area contributed by atoms with Gasteiger partial charge in [-0.3, -0.25) is 4.79 Å². The van der Waals surface area contributed by atoms with E-state index >= 15 is 0 Å². The maximum absolute atomic E-state index is 13.7. The van der Waals surface area contributed by atoms with Crippen molar-refractivity contribution in [2.45, 2.75) is 27.3 Å². The standard InChI is InChI=1S/C20H19FN2O3/c1-11-4-6-16-14(8-19(25)26-20(16)12(11)2)10-22-15-5-7-17(21)18(9-15)23-13(3)24/h4-9,22H,10H2,1-3H3,(H,23,24). The molecular formula is C20H19FN2O3. The van der Waals surface area contributed by atoms with Gasteiger partial charge in [-0.05, 0) is 48.7 Å². The number of hydrogen-bond donors (Lipinski definition) is 2. The summed E-state index contributed by atoms with van der Waals surface area (Å²) in [5.41, 5.74) is 3.64. The van der Waals surface area contributed by atoms with Gasteiger partial charge in [0, 0.05) is 30.6 Å². The summed E-state index contributed by atoms with van der Waals surface area (Å²) in [5, 5.41) is 6.45. The van der Waals surface area contributed by atoms with Crippen LogP contribution in [0.15, 0.2) is 45.6 Å². The number of benzene rings is 2. The largest absolute Gasteiger partial charge is 0.422 e. The SMILES string of the molecule is CC(=O)Nc1cc(NCc2cc(=O)oc3c(C)c(C)ccc23)ccc1F. The van der Waals surface area contributed by atoms with E-state index < -0.39 is 11.4 Å². The number of hydrogen-bond acceptors (Lipinski definition) is 4. The summed E-state index contributed by atoms with van der Waals surface area (Å²) in [4.78, 5) is 23.1. The molecule has 1 heterocycles. The van der Waals surface area contributed by atoms with Crippen LogP contribution in [-0.4, -0.2) is 5.91 Å². The van der Waals surface area contributed by atoms with Gasteiger partial charge in [-0.2, -0.15) is 0 Å². The van der Waals surface area contributed by atoms with Crippen molar-refractivity contribution < 1.29 is 13.6 Å². The molecule has 0 aliphatic rings. The minimum atomic E-state index is -0.511. The monoisotopic (exact) mass is 354 g/mol. The van der Waals surface area contributed by atoms with Crippen LogP contribution in [0, 0.1) is 19.7 Å². The molecule has 1 amide bonds. The topological polar surface area (TPSA) is 71.3 Å². The lowest BCUT2D eigenvalue weighted by atomic mass is 10.0. The van der Waals surface area contributed by atoms with E-state index in [0.29, 0.717) is 17.8 Å². The number of rotatable bonds is 4. The molecule has 0 saturated carbocycles. The first-order valence-electron chi connectivity index (χ1n) is 8.19. The van der Waals surface area contributed by atoms with Gasteiger partial charge in [0.25, 0.3) is 0 Å².